The van der Waals surface area contributed by atoms with Gasteiger partial charge in [0, 0.05) is 10.5 Å². The smallest absolute Gasteiger partial charge is 0.336 e. The van der Waals surface area contributed by atoms with Crippen molar-refractivity contribution in [2.24, 2.45) is 0 Å². The van der Waals surface area contributed by atoms with Crippen molar-refractivity contribution >= 4 is 28.0 Å². The standard InChI is InChI=1S/C21H15BrO2/c22-19-11-13-20(14-12-19)24-21(23)15-8-16-6-9-18(10-7-16)17-4-2-1-3-5-17/h1-15H. The van der Waals surface area contributed by atoms with Crippen LogP contribution in [0.1, 0.15) is 5.56 Å². The fraction of sp³-hybridized carbons (Fsp3) is 0. The van der Waals surface area contributed by atoms with Gasteiger partial charge in [-0.05, 0) is 47.0 Å². The number of carbonyl (C=O) groups is 1. The van der Waals surface area contributed by atoms with E-state index in [2.05, 4.69) is 28.1 Å². The fourth-order valence-electron chi connectivity index (χ4n) is 2.23. The van der Waals surface area contributed by atoms with Gasteiger partial charge in [-0.25, -0.2) is 4.79 Å². The molecule has 0 fully saturated rings. The van der Waals surface area contributed by atoms with E-state index >= 15 is 0 Å². The summed E-state index contributed by atoms with van der Waals surface area (Å²) < 4.78 is 6.18. The van der Waals surface area contributed by atoms with Gasteiger partial charge in [-0.1, -0.05) is 70.5 Å². The van der Waals surface area contributed by atoms with Gasteiger partial charge in [-0.15, -0.1) is 0 Å². The number of benzene rings is 3. The maximum absolute atomic E-state index is 11.8. The van der Waals surface area contributed by atoms with E-state index in [4.69, 9.17) is 4.74 Å². The van der Waals surface area contributed by atoms with Crippen molar-refractivity contribution in [2.75, 3.05) is 0 Å². The van der Waals surface area contributed by atoms with E-state index in [1.165, 1.54) is 11.6 Å². The molecule has 0 unspecified atom stereocenters. The van der Waals surface area contributed by atoms with Gasteiger partial charge < -0.3 is 4.74 Å². The molecule has 3 heteroatoms. The molecule has 0 aliphatic heterocycles. The van der Waals surface area contributed by atoms with Crippen molar-refractivity contribution in [2.45, 2.75) is 0 Å². The predicted octanol–water partition coefficient (Wildman–Crippen LogP) is 5.73. The zero-order valence-corrected chi connectivity index (χ0v) is 14.4. The molecule has 0 amide bonds. The van der Waals surface area contributed by atoms with E-state index in [1.807, 2.05) is 54.6 Å². The molecule has 3 aromatic carbocycles. The van der Waals surface area contributed by atoms with E-state index in [0.29, 0.717) is 5.75 Å². The van der Waals surface area contributed by atoms with Crippen molar-refractivity contribution in [3.63, 3.8) is 0 Å². The largest absolute Gasteiger partial charge is 0.423 e. The summed E-state index contributed by atoms with van der Waals surface area (Å²) >= 11 is 3.34. The van der Waals surface area contributed by atoms with Gasteiger partial charge in [0.15, 0.2) is 0 Å². The number of esters is 1. The predicted molar refractivity (Wildman–Crippen MR) is 101 cm³/mol. The second-order valence-electron chi connectivity index (χ2n) is 5.20. The van der Waals surface area contributed by atoms with E-state index in [0.717, 1.165) is 15.6 Å². The number of hydrogen-bond acceptors (Lipinski definition) is 2. The SMILES string of the molecule is O=C(C=Cc1ccc(-c2ccccc2)cc1)Oc1ccc(Br)cc1. The molecular weight excluding hydrogens is 364 g/mol. The van der Waals surface area contributed by atoms with Gasteiger partial charge in [0.1, 0.15) is 5.75 Å². The molecule has 0 radical (unpaired) electrons. The molecule has 0 spiro atoms. The molecule has 2 nitrogen and oxygen atoms in total. The highest BCUT2D eigenvalue weighted by Gasteiger charge is 2.01. The average molecular weight is 379 g/mol. The lowest BCUT2D eigenvalue weighted by Gasteiger charge is -2.02. The monoisotopic (exact) mass is 378 g/mol. The third-order valence-electron chi connectivity index (χ3n) is 3.46. The summed E-state index contributed by atoms with van der Waals surface area (Å²) in [5.74, 6) is 0.122. The fourth-order valence-corrected chi connectivity index (χ4v) is 2.50. The summed E-state index contributed by atoms with van der Waals surface area (Å²) in [6.07, 6.45) is 3.18. The molecule has 3 rings (SSSR count). The van der Waals surface area contributed by atoms with E-state index in [1.54, 1.807) is 18.2 Å². The molecule has 0 saturated carbocycles. The van der Waals surface area contributed by atoms with Crippen LogP contribution in [0.25, 0.3) is 17.2 Å². The lowest BCUT2D eigenvalue weighted by Crippen LogP contribution is -2.03. The zero-order chi connectivity index (χ0) is 16.8. The lowest BCUT2D eigenvalue weighted by molar-refractivity contribution is -0.128. The van der Waals surface area contributed by atoms with Crippen LogP contribution < -0.4 is 4.74 Å². The van der Waals surface area contributed by atoms with Crippen LogP contribution in [0.5, 0.6) is 5.75 Å². The van der Waals surface area contributed by atoms with Gasteiger partial charge in [-0.2, -0.15) is 0 Å². The van der Waals surface area contributed by atoms with Gasteiger partial charge >= 0.3 is 5.97 Å². The Balaban J connectivity index is 1.64. The van der Waals surface area contributed by atoms with Crippen molar-refractivity contribution in [1.29, 1.82) is 0 Å². The van der Waals surface area contributed by atoms with E-state index in [-0.39, 0.29) is 0 Å². The third-order valence-corrected chi connectivity index (χ3v) is 3.99. The molecule has 0 N–H and O–H groups in total. The first-order valence-corrected chi connectivity index (χ1v) is 8.31. The summed E-state index contributed by atoms with van der Waals surface area (Å²) in [7, 11) is 0. The van der Waals surface area contributed by atoms with E-state index in [9.17, 15) is 4.79 Å². The Hall–Kier alpha value is -2.65. The Morgan fingerprint density at radius 3 is 2.08 bits per heavy atom. The Labute approximate surface area is 149 Å². The van der Waals surface area contributed by atoms with Gasteiger partial charge in [0.2, 0.25) is 0 Å². The summed E-state index contributed by atoms with van der Waals surface area (Å²) in [4.78, 5) is 11.8. The quantitative estimate of drug-likeness (QED) is 0.329. The molecule has 0 heterocycles. The zero-order valence-electron chi connectivity index (χ0n) is 12.9. The first-order valence-electron chi connectivity index (χ1n) is 7.52. The molecule has 24 heavy (non-hydrogen) atoms. The van der Waals surface area contributed by atoms with Crippen molar-refractivity contribution in [3.8, 4) is 16.9 Å². The molecular formula is C21H15BrO2. The minimum atomic E-state index is -0.399. The second-order valence-corrected chi connectivity index (χ2v) is 6.11. The molecule has 0 aliphatic carbocycles. The Bertz CT molecular complexity index is 835. The molecule has 0 aromatic heterocycles. The number of ether oxygens (including phenoxy) is 1. The summed E-state index contributed by atoms with van der Waals surface area (Å²) in [5.41, 5.74) is 3.26. The molecule has 0 aliphatic rings. The molecule has 0 atom stereocenters. The van der Waals surface area contributed by atoms with Crippen LogP contribution in [0.3, 0.4) is 0 Å². The number of hydrogen-bond donors (Lipinski definition) is 0. The van der Waals surface area contributed by atoms with E-state index < -0.39 is 5.97 Å². The van der Waals surface area contributed by atoms with Crippen molar-refractivity contribution in [1.82, 2.24) is 0 Å². The van der Waals surface area contributed by atoms with Crippen LogP contribution in [0, 0.1) is 0 Å². The Morgan fingerprint density at radius 2 is 1.42 bits per heavy atom. The highest BCUT2D eigenvalue weighted by Crippen LogP contribution is 2.20. The average Bonchev–Trinajstić information content (AvgIpc) is 2.63. The first kappa shape index (κ1) is 16.2. The summed E-state index contributed by atoms with van der Waals surface area (Å²) in [6, 6.07) is 25.3. The Morgan fingerprint density at radius 1 is 0.792 bits per heavy atom. The van der Waals surface area contributed by atoms with Crippen LogP contribution in [0.2, 0.25) is 0 Å². The topological polar surface area (TPSA) is 26.3 Å². The molecule has 0 saturated heterocycles. The second kappa shape index (κ2) is 7.75. The van der Waals surface area contributed by atoms with Crippen molar-refractivity contribution < 1.29 is 9.53 Å². The maximum atomic E-state index is 11.8. The first-order chi connectivity index (χ1) is 11.7. The Kier molecular flexibility index (Phi) is 5.24. The van der Waals surface area contributed by atoms with Crippen molar-refractivity contribution in [3.05, 3.63) is 95.0 Å². The number of halogens is 1. The van der Waals surface area contributed by atoms with Crippen LogP contribution in [-0.2, 0) is 4.79 Å². The van der Waals surface area contributed by atoms with Crippen LogP contribution >= 0.6 is 15.9 Å². The van der Waals surface area contributed by atoms with Crippen LogP contribution in [0.15, 0.2) is 89.4 Å². The molecule has 0 bridgehead atoms. The number of rotatable bonds is 4. The highest BCUT2D eigenvalue weighted by atomic mass is 79.9. The van der Waals surface area contributed by atoms with Gasteiger partial charge in [-0.3, -0.25) is 0 Å². The maximum Gasteiger partial charge on any atom is 0.336 e. The lowest BCUT2D eigenvalue weighted by atomic mass is 10.0. The number of carbonyl (C=O) groups excluding carboxylic acids is 1. The van der Waals surface area contributed by atoms with Gasteiger partial charge in [0.25, 0.3) is 0 Å². The third kappa shape index (κ3) is 4.43. The van der Waals surface area contributed by atoms with Crippen LogP contribution in [0.4, 0.5) is 0 Å². The minimum Gasteiger partial charge on any atom is -0.423 e. The normalized spacial score (nSPS) is 10.7. The summed E-state index contributed by atoms with van der Waals surface area (Å²) in [5, 5.41) is 0. The molecule has 3 aromatic rings. The van der Waals surface area contributed by atoms with Crippen LogP contribution in [-0.4, -0.2) is 5.97 Å². The minimum absolute atomic E-state index is 0.399. The summed E-state index contributed by atoms with van der Waals surface area (Å²) in [6.45, 7) is 0. The van der Waals surface area contributed by atoms with Gasteiger partial charge in [0.05, 0.1) is 0 Å². The molecule has 118 valence electrons. The highest BCUT2D eigenvalue weighted by molar-refractivity contribution is 9.10.